The summed E-state index contributed by atoms with van der Waals surface area (Å²) in [6.45, 7) is 3.61. The molecule has 0 bridgehead atoms. The van der Waals surface area contributed by atoms with Crippen LogP contribution in [-0.4, -0.2) is 15.9 Å². The van der Waals surface area contributed by atoms with Crippen molar-refractivity contribution in [1.82, 2.24) is 4.98 Å². The first-order valence-electron chi connectivity index (χ1n) is 5.02. The third-order valence-electron chi connectivity index (χ3n) is 2.67. The molecule has 0 aliphatic rings. The lowest BCUT2D eigenvalue weighted by Crippen LogP contribution is -2.43. The van der Waals surface area contributed by atoms with Crippen LogP contribution in [0.5, 0.6) is 0 Å². The summed E-state index contributed by atoms with van der Waals surface area (Å²) in [7, 11) is 0. The van der Waals surface area contributed by atoms with Gasteiger partial charge in [-0.25, -0.2) is 0 Å². The van der Waals surface area contributed by atoms with Crippen LogP contribution >= 0.6 is 12.2 Å². The zero-order valence-corrected chi connectivity index (χ0v) is 10.2. The second kappa shape index (κ2) is 5.03. The third-order valence-corrected chi connectivity index (χ3v) is 3.12. The number of nitrogens with one attached hydrogen (secondary N) is 1. The van der Waals surface area contributed by atoms with E-state index in [1.165, 1.54) is 0 Å². The SMILES string of the molecule is CCC(C)(C(=O)Nc1cccnc1)C(N)=S. The van der Waals surface area contributed by atoms with Crippen molar-refractivity contribution in [2.45, 2.75) is 20.3 Å². The molecule has 1 unspecified atom stereocenters. The van der Waals surface area contributed by atoms with E-state index in [1.54, 1.807) is 31.5 Å². The van der Waals surface area contributed by atoms with Gasteiger partial charge in [-0.15, -0.1) is 0 Å². The molecule has 1 rings (SSSR count). The van der Waals surface area contributed by atoms with E-state index in [0.29, 0.717) is 12.1 Å². The molecule has 1 aromatic rings. The Labute approximate surface area is 100 Å². The fourth-order valence-electron chi connectivity index (χ4n) is 1.15. The second-order valence-corrected chi connectivity index (χ2v) is 4.19. The molecule has 1 atom stereocenters. The van der Waals surface area contributed by atoms with Gasteiger partial charge in [0.15, 0.2) is 0 Å². The molecule has 0 aliphatic heterocycles. The van der Waals surface area contributed by atoms with Crippen molar-refractivity contribution >= 4 is 28.8 Å². The van der Waals surface area contributed by atoms with E-state index in [1.807, 2.05) is 6.92 Å². The number of nitrogens with zero attached hydrogens (tertiary/aromatic N) is 1. The summed E-state index contributed by atoms with van der Waals surface area (Å²) in [5.74, 6) is -0.199. The van der Waals surface area contributed by atoms with Crippen LogP contribution in [0.25, 0.3) is 0 Å². The van der Waals surface area contributed by atoms with E-state index in [4.69, 9.17) is 18.0 Å². The van der Waals surface area contributed by atoms with Crippen molar-refractivity contribution in [3.05, 3.63) is 24.5 Å². The number of amides is 1. The zero-order chi connectivity index (χ0) is 12.2. The molecule has 1 heterocycles. The van der Waals surface area contributed by atoms with E-state index < -0.39 is 5.41 Å². The highest BCUT2D eigenvalue weighted by atomic mass is 32.1. The van der Waals surface area contributed by atoms with Crippen LogP contribution in [0.15, 0.2) is 24.5 Å². The molecule has 0 saturated carbocycles. The topological polar surface area (TPSA) is 68.0 Å². The molecule has 4 nitrogen and oxygen atoms in total. The number of nitrogens with two attached hydrogens (primary N) is 1. The first kappa shape index (κ1) is 12.6. The maximum absolute atomic E-state index is 12.0. The van der Waals surface area contributed by atoms with E-state index in [0.717, 1.165) is 0 Å². The van der Waals surface area contributed by atoms with Crippen LogP contribution in [-0.2, 0) is 4.79 Å². The summed E-state index contributed by atoms with van der Waals surface area (Å²) in [5.41, 5.74) is 5.42. The number of anilines is 1. The number of thiocarbonyl (C=S) groups is 1. The van der Waals surface area contributed by atoms with Gasteiger partial charge in [0, 0.05) is 6.20 Å². The molecule has 5 heteroatoms. The lowest BCUT2D eigenvalue weighted by Gasteiger charge is -2.25. The Kier molecular flexibility index (Phi) is 3.95. The van der Waals surface area contributed by atoms with Gasteiger partial charge in [-0.1, -0.05) is 19.1 Å². The number of carbonyl (C=O) groups is 1. The normalized spacial score (nSPS) is 13.9. The Morgan fingerprint density at radius 1 is 1.69 bits per heavy atom. The molecule has 3 N–H and O–H groups in total. The molecule has 0 aromatic carbocycles. The van der Waals surface area contributed by atoms with Crippen LogP contribution in [0.3, 0.4) is 0 Å². The summed E-state index contributed by atoms with van der Waals surface area (Å²) in [5, 5.41) is 2.75. The maximum Gasteiger partial charge on any atom is 0.237 e. The molecule has 0 spiro atoms. The molecular formula is C11H15N3OS. The van der Waals surface area contributed by atoms with Crippen LogP contribution in [0.1, 0.15) is 20.3 Å². The molecule has 1 aromatic heterocycles. The van der Waals surface area contributed by atoms with Gasteiger partial charge in [-0.3, -0.25) is 9.78 Å². The minimum atomic E-state index is -0.814. The summed E-state index contributed by atoms with van der Waals surface area (Å²) >= 11 is 4.92. The predicted molar refractivity (Wildman–Crippen MR) is 68.1 cm³/mol. The smallest absolute Gasteiger partial charge is 0.237 e. The maximum atomic E-state index is 12.0. The zero-order valence-electron chi connectivity index (χ0n) is 9.36. The Morgan fingerprint density at radius 3 is 2.81 bits per heavy atom. The van der Waals surface area contributed by atoms with E-state index in [2.05, 4.69) is 10.3 Å². The number of aromatic nitrogens is 1. The highest BCUT2D eigenvalue weighted by Crippen LogP contribution is 2.23. The molecule has 86 valence electrons. The quantitative estimate of drug-likeness (QED) is 0.782. The summed E-state index contributed by atoms with van der Waals surface area (Å²) in [6, 6.07) is 3.51. The molecule has 0 saturated heterocycles. The highest BCUT2D eigenvalue weighted by Gasteiger charge is 2.34. The van der Waals surface area contributed by atoms with Crippen molar-refractivity contribution in [2.75, 3.05) is 5.32 Å². The largest absolute Gasteiger partial charge is 0.392 e. The standard InChI is InChI=1S/C11H15N3OS/c1-3-11(2,9(12)16)10(15)14-8-5-4-6-13-7-8/h4-7H,3H2,1-2H3,(H2,12,16)(H,14,15). The van der Waals surface area contributed by atoms with Crippen molar-refractivity contribution in [1.29, 1.82) is 0 Å². The van der Waals surface area contributed by atoms with Gasteiger partial charge in [0.05, 0.1) is 22.3 Å². The number of rotatable bonds is 4. The number of hydrogen-bond donors (Lipinski definition) is 2. The van der Waals surface area contributed by atoms with Gasteiger partial charge in [0.25, 0.3) is 0 Å². The molecule has 0 fully saturated rings. The van der Waals surface area contributed by atoms with E-state index in [9.17, 15) is 4.79 Å². The third kappa shape index (κ3) is 2.55. The van der Waals surface area contributed by atoms with Crippen molar-refractivity contribution in [2.24, 2.45) is 11.1 Å². The van der Waals surface area contributed by atoms with Crippen LogP contribution in [0, 0.1) is 5.41 Å². The number of hydrogen-bond acceptors (Lipinski definition) is 3. The first-order chi connectivity index (χ1) is 7.50. The molecular weight excluding hydrogens is 222 g/mol. The van der Waals surface area contributed by atoms with Gasteiger partial charge in [-0.2, -0.15) is 0 Å². The fourth-order valence-corrected chi connectivity index (χ4v) is 1.39. The van der Waals surface area contributed by atoms with E-state index >= 15 is 0 Å². The van der Waals surface area contributed by atoms with Crippen molar-refractivity contribution < 1.29 is 4.79 Å². The molecule has 0 aliphatic carbocycles. The van der Waals surface area contributed by atoms with E-state index in [-0.39, 0.29) is 10.9 Å². The Morgan fingerprint density at radius 2 is 2.38 bits per heavy atom. The number of carbonyl (C=O) groups excluding carboxylic acids is 1. The van der Waals surface area contributed by atoms with Crippen molar-refractivity contribution in [3.63, 3.8) is 0 Å². The monoisotopic (exact) mass is 237 g/mol. The minimum absolute atomic E-state index is 0.199. The van der Waals surface area contributed by atoms with Gasteiger partial charge in [-0.05, 0) is 25.5 Å². The van der Waals surface area contributed by atoms with Crippen LogP contribution in [0.2, 0.25) is 0 Å². The average Bonchev–Trinajstić information content (AvgIpc) is 2.28. The van der Waals surface area contributed by atoms with Gasteiger partial charge < -0.3 is 11.1 Å². The Bertz CT molecular complexity index is 393. The Hall–Kier alpha value is -1.49. The average molecular weight is 237 g/mol. The molecule has 0 radical (unpaired) electrons. The van der Waals surface area contributed by atoms with Gasteiger partial charge >= 0.3 is 0 Å². The first-order valence-corrected chi connectivity index (χ1v) is 5.43. The lowest BCUT2D eigenvalue weighted by molar-refractivity contribution is -0.121. The van der Waals surface area contributed by atoms with Gasteiger partial charge in [0.1, 0.15) is 0 Å². The Balaban J connectivity index is 2.83. The summed E-state index contributed by atoms with van der Waals surface area (Å²) in [4.78, 5) is 16.1. The summed E-state index contributed by atoms with van der Waals surface area (Å²) in [6.07, 6.45) is 3.78. The lowest BCUT2D eigenvalue weighted by atomic mass is 9.86. The molecule has 1 amide bonds. The minimum Gasteiger partial charge on any atom is -0.392 e. The second-order valence-electron chi connectivity index (χ2n) is 3.75. The molecule has 16 heavy (non-hydrogen) atoms. The van der Waals surface area contributed by atoms with Crippen molar-refractivity contribution in [3.8, 4) is 0 Å². The van der Waals surface area contributed by atoms with Gasteiger partial charge in [0.2, 0.25) is 5.91 Å². The summed E-state index contributed by atoms with van der Waals surface area (Å²) < 4.78 is 0. The highest BCUT2D eigenvalue weighted by molar-refractivity contribution is 7.80. The predicted octanol–water partition coefficient (Wildman–Crippen LogP) is 1.72. The fraction of sp³-hybridized carbons (Fsp3) is 0.364. The van der Waals surface area contributed by atoms with Crippen LogP contribution < -0.4 is 11.1 Å². The van der Waals surface area contributed by atoms with Crippen LogP contribution in [0.4, 0.5) is 5.69 Å². The number of pyridine rings is 1.